The molecule has 0 bridgehead atoms. The smallest absolute Gasteiger partial charge is 0.303 e. The Bertz CT molecular complexity index is 297. The molecule has 0 rings (SSSR count). The molecule has 7 N–H and O–H groups in total. The highest BCUT2D eigenvalue weighted by Gasteiger charge is 2.00. The molecule has 0 amide bonds. The summed E-state index contributed by atoms with van der Waals surface area (Å²) in [6.45, 7) is 0. The lowest BCUT2D eigenvalue weighted by Crippen LogP contribution is -2.00. The molecule has 0 aliphatic carbocycles. The fourth-order valence-corrected chi connectivity index (χ4v) is 1.12. The molecular weight excluding hydrogens is 286 g/mol. The monoisotopic (exact) mass is 309 g/mol. The van der Waals surface area contributed by atoms with Crippen LogP contribution in [0, 0.1) is 0 Å². The summed E-state index contributed by atoms with van der Waals surface area (Å²) in [4.78, 5) is 39.4. The van der Waals surface area contributed by atoms with Crippen LogP contribution in [0.2, 0.25) is 0 Å². The normalized spacial score (nSPS) is 8.76. The third-order valence-corrected chi connectivity index (χ3v) is 2.08. The molecule has 0 aromatic heterocycles. The van der Waals surface area contributed by atoms with Crippen LogP contribution in [-0.4, -0.2) is 44.3 Å². The molecule has 0 aliphatic rings. The molecule has 0 unspecified atom stereocenters. The Kier molecular flexibility index (Phi) is 18.1. The molecule has 9 nitrogen and oxygen atoms in total. The molecule has 0 atom stereocenters. The van der Waals surface area contributed by atoms with Crippen LogP contribution in [0.15, 0.2) is 0 Å². The Balaban J connectivity index is -0.000000317. The fraction of sp³-hybridized carbons (Fsp3) is 0.667. The van der Waals surface area contributed by atoms with E-state index in [4.69, 9.17) is 20.4 Å². The van der Waals surface area contributed by atoms with Gasteiger partial charge in [0.15, 0.2) is 0 Å². The second kappa shape index (κ2) is 15.9. The van der Waals surface area contributed by atoms with Gasteiger partial charge in [-0.2, -0.15) is 0 Å². The molecular formula is C12H23NO8. The van der Waals surface area contributed by atoms with Crippen LogP contribution >= 0.6 is 0 Å². The molecule has 0 saturated carbocycles. The summed E-state index contributed by atoms with van der Waals surface area (Å²) in [5, 5.41) is 32.3. The minimum atomic E-state index is -1.08. The Morgan fingerprint density at radius 3 is 0.905 bits per heavy atom. The maximum Gasteiger partial charge on any atom is 0.303 e. The van der Waals surface area contributed by atoms with Gasteiger partial charge >= 0.3 is 23.9 Å². The number of hydrogen-bond acceptors (Lipinski definition) is 5. The number of carboxylic acid groups (broad SMARTS) is 4. The van der Waals surface area contributed by atoms with Gasteiger partial charge in [0.05, 0.1) is 12.8 Å². The Morgan fingerprint density at radius 2 is 0.714 bits per heavy atom. The highest BCUT2D eigenvalue weighted by molar-refractivity contribution is 5.75. The van der Waals surface area contributed by atoms with Gasteiger partial charge in [0.2, 0.25) is 0 Å². The minimum absolute atomic E-state index is 0. The van der Waals surface area contributed by atoms with E-state index in [1.807, 2.05) is 0 Å². The Labute approximate surface area is 122 Å². The molecule has 0 saturated heterocycles. The zero-order valence-corrected chi connectivity index (χ0v) is 11.8. The van der Waals surface area contributed by atoms with Crippen molar-refractivity contribution in [3.05, 3.63) is 0 Å². The molecule has 0 fully saturated rings. The molecule has 9 heteroatoms. The first-order chi connectivity index (χ1) is 9.25. The van der Waals surface area contributed by atoms with Gasteiger partial charge in [-0.15, -0.1) is 0 Å². The van der Waals surface area contributed by atoms with Crippen molar-refractivity contribution in [2.45, 2.75) is 51.4 Å². The van der Waals surface area contributed by atoms with E-state index < -0.39 is 23.9 Å². The van der Waals surface area contributed by atoms with Crippen LogP contribution in [0.4, 0.5) is 0 Å². The lowest BCUT2D eigenvalue weighted by Gasteiger charge is -1.96. The van der Waals surface area contributed by atoms with Crippen molar-refractivity contribution in [3.8, 4) is 0 Å². The number of hydrogen-bond donors (Lipinski definition) is 5. The fourth-order valence-electron chi connectivity index (χ4n) is 1.12. The quantitative estimate of drug-likeness (QED) is 0.373. The summed E-state index contributed by atoms with van der Waals surface area (Å²) in [5.74, 6) is -3.72. The lowest BCUT2D eigenvalue weighted by atomic mass is 10.1. The molecule has 0 aliphatic heterocycles. The molecule has 0 aromatic rings. The van der Waals surface area contributed by atoms with Crippen LogP contribution < -0.4 is 6.15 Å². The van der Waals surface area contributed by atoms with Crippen molar-refractivity contribution in [2.75, 3.05) is 0 Å². The summed E-state index contributed by atoms with van der Waals surface area (Å²) in [7, 11) is 0. The van der Waals surface area contributed by atoms with Crippen molar-refractivity contribution in [2.24, 2.45) is 0 Å². The third kappa shape index (κ3) is 31.9. The average Bonchev–Trinajstić information content (AvgIpc) is 2.31. The summed E-state index contributed by atoms with van der Waals surface area (Å²) in [6.07, 6.45) is 2.69. The van der Waals surface area contributed by atoms with Gasteiger partial charge in [-0.1, -0.05) is 12.8 Å². The molecule has 0 spiro atoms. The molecule has 0 aromatic carbocycles. The van der Waals surface area contributed by atoms with Crippen LogP contribution in [0.1, 0.15) is 51.4 Å². The van der Waals surface area contributed by atoms with E-state index in [1.54, 1.807) is 0 Å². The number of carbonyl (C=O) groups is 4. The van der Waals surface area contributed by atoms with Gasteiger partial charge in [0.1, 0.15) is 0 Å². The van der Waals surface area contributed by atoms with Gasteiger partial charge in [0.25, 0.3) is 0 Å². The Hall–Kier alpha value is -2.16. The predicted octanol–water partition coefficient (Wildman–Crippen LogP) is 1.59. The van der Waals surface area contributed by atoms with Crippen molar-refractivity contribution >= 4 is 23.9 Å². The van der Waals surface area contributed by atoms with E-state index in [1.165, 1.54) is 0 Å². The first-order valence-corrected chi connectivity index (χ1v) is 6.13. The molecule has 0 heterocycles. The lowest BCUT2D eigenvalue weighted by molar-refractivity contribution is -0.143. The highest BCUT2D eigenvalue weighted by Crippen LogP contribution is 2.04. The second-order valence-corrected chi connectivity index (χ2v) is 3.99. The first kappa shape index (κ1) is 23.9. The zero-order valence-electron chi connectivity index (χ0n) is 11.8. The largest absolute Gasteiger partial charge is 0.481 e. The Morgan fingerprint density at radius 1 is 0.476 bits per heavy atom. The van der Waals surface area contributed by atoms with E-state index >= 15 is 0 Å². The number of aliphatic carboxylic acids is 4. The van der Waals surface area contributed by atoms with E-state index in [9.17, 15) is 19.2 Å². The number of unbranched alkanes of at least 4 members (excludes halogenated alkanes) is 3. The van der Waals surface area contributed by atoms with Crippen LogP contribution in [-0.2, 0) is 19.2 Å². The average molecular weight is 309 g/mol. The van der Waals surface area contributed by atoms with Crippen molar-refractivity contribution < 1.29 is 39.6 Å². The summed E-state index contributed by atoms with van der Waals surface area (Å²) < 4.78 is 0. The van der Waals surface area contributed by atoms with Crippen molar-refractivity contribution in [3.63, 3.8) is 0 Å². The summed E-state index contributed by atoms with van der Waals surface area (Å²) in [5.41, 5.74) is 0. The summed E-state index contributed by atoms with van der Waals surface area (Å²) >= 11 is 0. The topological polar surface area (TPSA) is 184 Å². The van der Waals surface area contributed by atoms with Crippen molar-refractivity contribution in [1.82, 2.24) is 6.15 Å². The molecule has 124 valence electrons. The minimum Gasteiger partial charge on any atom is -0.481 e. The van der Waals surface area contributed by atoms with E-state index in [-0.39, 0.29) is 31.8 Å². The molecule has 0 radical (unpaired) electrons. The second-order valence-electron chi connectivity index (χ2n) is 3.99. The van der Waals surface area contributed by atoms with Crippen molar-refractivity contribution in [1.29, 1.82) is 0 Å². The van der Waals surface area contributed by atoms with E-state index in [2.05, 4.69) is 0 Å². The van der Waals surface area contributed by atoms with Gasteiger partial charge < -0.3 is 26.6 Å². The van der Waals surface area contributed by atoms with Crippen LogP contribution in [0.5, 0.6) is 0 Å². The van der Waals surface area contributed by atoms with E-state index in [0.717, 1.165) is 12.8 Å². The van der Waals surface area contributed by atoms with Gasteiger partial charge in [-0.05, 0) is 12.8 Å². The first-order valence-electron chi connectivity index (χ1n) is 6.13. The SMILES string of the molecule is N.O=C(O)CCC(=O)O.O=C(O)CCCCCCC(=O)O. The van der Waals surface area contributed by atoms with Gasteiger partial charge in [0, 0.05) is 12.8 Å². The van der Waals surface area contributed by atoms with Crippen LogP contribution in [0.25, 0.3) is 0 Å². The number of carboxylic acids is 4. The standard InChI is InChI=1S/C8H14O4.C4H6O4.H3N/c9-7(10)5-3-1-2-4-6-8(11)12;5-3(6)1-2-4(7)8;/h1-6H2,(H,9,10)(H,11,12);1-2H2,(H,5,6)(H,7,8);1H3. The highest BCUT2D eigenvalue weighted by atomic mass is 16.4. The van der Waals surface area contributed by atoms with Gasteiger partial charge in [-0.3, -0.25) is 19.2 Å². The zero-order chi connectivity index (χ0) is 16.0. The maximum atomic E-state index is 10.0. The third-order valence-electron chi connectivity index (χ3n) is 2.08. The van der Waals surface area contributed by atoms with Crippen LogP contribution in [0.3, 0.4) is 0 Å². The molecule has 21 heavy (non-hydrogen) atoms. The summed E-state index contributed by atoms with van der Waals surface area (Å²) in [6, 6.07) is 0. The van der Waals surface area contributed by atoms with Gasteiger partial charge in [-0.25, -0.2) is 0 Å². The van der Waals surface area contributed by atoms with E-state index in [0.29, 0.717) is 12.8 Å². The maximum absolute atomic E-state index is 10.0. The predicted molar refractivity (Wildman–Crippen MR) is 72.5 cm³/mol. The number of rotatable bonds is 10.